The third kappa shape index (κ3) is 5.14. The molecule has 1 heterocycles. The third-order valence-electron chi connectivity index (χ3n) is 5.03. The summed E-state index contributed by atoms with van der Waals surface area (Å²) in [5.74, 6) is 0.330. The second kappa shape index (κ2) is 10.1. The van der Waals surface area contributed by atoms with Crippen molar-refractivity contribution in [1.29, 1.82) is 0 Å². The zero-order valence-electron chi connectivity index (χ0n) is 18.4. The van der Waals surface area contributed by atoms with Gasteiger partial charge in [-0.15, -0.1) is 0 Å². The Morgan fingerprint density at radius 2 is 1.75 bits per heavy atom. The van der Waals surface area contributed by atoms with Gasteiger partial charge in [-0.3, -0.25) is 9.59 Å². The van der Waals surface area contributed by atoms with Crippen LogP contribution in [0.5, 0.6) is 23.0 Å². The molecule has 32 heavy (non-hydrogen) atoms. The van der Waals surface area contributed by atoms with Crippen molar-refractivity contribution in [2.75, 3.05) is 27.4 Å². The van der Waals surface area contributed by atoms with Gasteiger partial charge in [0.2, 0.25) is 0 Å². The SMILES string of the molecule is COc1cc([C@H]2Oc3c(OC)cc(/C=C/COC(C)=O)cc3[C@@H]2COC(C)=O)ccc1O. The average Bonchev–Trinajstić information content (AvgIpc) is 3.13. The maximum atomic E-state index is 11.5. The highest BCUT2D eigenvalue weighted by atomic mass is 16.5. The molecule has 0 aliphatic carbocycles. The minimum absolute atomic E-state index is 0.0149. The maximum absolute atomic E-state index is 11.5. The Hall–Kier alpha value is -3.68. The molecule has 0 amide bonds. The molecule has 0 spiro atoms. The van der Waals surface area contributed by atoms with Gasteiger partial charge in [-0.25, -0.2) is 0 Å². The van der Waals surface area contributed by atoms with Crippen LogP contribution in [-0.2, 0) is 19.1 Å². The van der Waals surface area contributed by atoms with Gasteiger partial charge in [0.15, 0.2) is 23.0 Å². The largest absolute Gasteiger partial charge is 0.504 e. The first kappa shape index (κ1) is 23.0. The topological polar surface area (TPSA) is 101 Å². The van der Waals surface area contributed by atoms with Crippen molar-refractivity contribution < 1.29 is 38.4 Å². The molecule has 1 aliphatic rings. The fourth-order valence-corrected chi connectivity index (χ4v) is 3.57. The monoisotopic (exact) mass is 442 g/mol. The molecule has 0 saturated heterocycles. The predicted octanol–water partition coefficient (Wildman–Crippen LogP) is 3.77. The summed E-state index contributed by atoms with van der Waals surface area (Å²) in [6.07, 6.45) is 3.04. The number of phenolic OH excluding ortho intramolecular Hbond substituents is 1. The summed E-state index contributed by atoms with van der Waals surface area (Å²) in [5, 5.41) is 9.95. The first-order valence-electron chi connectivity index (χ1n) is 10.0. The van der Waals surface area contributed by atoms with Crippen molar-refractivity contribution in [2.24, 2.45) is 0 Å². The van der Waals surface area contributed by atoms with Gasteiger partial charge in [-0.05, 0) is 41.5 Å². The van der Waals surface area contributed by atoms with Gasteiger partial charge in [0.25, 0.3) is 0 Å². The fourth-order valence-electron chi connectivity index (χ4n) is 3.57. The second-order valence-electron chi connectivity index (χ2n) is 7.23. The minimum Gasteiger partial charge on any atom is -0.504 e. The van der Waals surface area contributed by atoms with E-state index in [-0.39, 0.29) is 30.9 Å². The summed E-state index contributed by atoms with van der Waals surface area (Å²) in [6, 6.07) is 8.70. The second-order valence-corrected chi connectivity index (χ2v) is 7.23. The molecule has 0 unspecified atom stereocenters. The fraction of sp³-hybridized carbons (Fsp3) is 0.333. The first-order valence-corrected chi connectivity index (χ1v) is 10.0. The summed E-state index contributed by atoms with van der Waals surface area (Å²) in [4.78, 5) is 22.5. The Morgan fingerprint density at radius 3 is 2.41 bits per heavy atom. The number of rotatable bonds is 8. The number of hydrogen-bond donors (Lipinski definition) is 1. The molecule has 0 aromatic heterocycles. The molecule has 2 aromatic carbocycles. The van der Waals surface area contributed by atoms with Gasteiger partial charge < -0.3 is 28.8 Å². The quantitative estimate of drug-likeness (QED) is 0.617. The number of methoxy groups -OCH3 is 2. The van der Waals surface area contributed by atoms with Crippen LogP contribution in [0.4, 0.5) is 0 Å². The highest BCUT2D eigenvalue weighted by molar-refractivity contribution is 5.67. The van der Waals surface area contributed by atoms with Crippen LogP contribution in [0, 0.1) is 0 Å². The zero-order valence-corrected chi connectivity index (χ0v) is 18.4. The van der Waals surface area contributed by atoms with E-state index in [2.05, 4.69) is 0 Å². The summed E-state index contributed by atoms with van der Waals surface area (Å²) < 4.78 is 27.3. The van der Waals surface area contributed by atoms with E-state index in [1.165, 1.54) is 27.0 Å². The summed E-state index contributed by atoms with van der Waals surface area (Å²) in [5.41, 5.74) is 2.38. The van der Waals surface area contributed by atoms with Crippen molar-refractivity contribution in [3.63, 3.8) is 0 Å². The lowest BCUT2D eigenvalue weighted by Gasteiger charge is -2.20. The zero-order chi connectivity index (χ0) is 23.3. The van der Waals surface area contributed by atoms with Gasteiger partial charge in [0.05, 0.1) is 20.1 Å². The number of fused-ring (bicyclic) bond motifs is 1. The molecular formula is C24H26O8. The molecule has 0 radical (unpaired) electrons. The number of carbonyl (C=O) groups excluding carboxylic acids is 2. The highest BCUT2D eigenvalue weighted by Gasteiger charge is 2.39. The lowest BCUT2D eigenvalue weighted by molar-refractivity contribution is -0.142. The van der Waals surface area contributed by atoms with Crippen LogP contribution in [-0.4, -0.2) is 44.5 Å². The van der Waals surface area contributed by atoms with Crippen LogP contribution in [0.3, 0.4) is 0 Å². The third-order valence-corrected chi connectivity index (χ3v) is 5.03. The Kier molecular flexibility index (Phi) is 7.25. The average molecular weight is 442 g/mol. The van der Waals surface area contributed by atoms with Gasteiger partial charge in [-0.2, -0.15) is 0 Å². The van der Waals surface area contributed by atoms with Crippen molar-refractivity contribution in [3.05, 3.63) is 53.1 Å². The molecule has 0 fully saturated rings. The van der Waals surface area contributed by atoms with Crippen LogP contribution in [0.25, 0.3) is 6.08 Å². The molecule has 3 rings (SSSR count). The van der Waals surface area contributed by atoms with E-state index in [1.54, 1.807) is 25.3 Å². The first-order chi connectivity index (χ1) is 15.3. The van der Waals surface area contributed by atoms with Crippen molar-refractivity contribution in [1.82, 2.24) is 0 Å². The van der Waals surface area contributed by atoms with Gasteiger partial charge >= 0.3 is 11.9 Å². The van der Waals surface area contributed by atoms with Crippen LogP contribution in [0.15, 0.2) is 36.4 Å². The summed E-state index contributed by atoms with van der Waals surface area (Å²) in [6.45, 7) is 2.95. The van der Waals surface area contributed by atoms with Crippen LogP contribution < -0.4 is 14.2 Å². The van der Waals surface area contributed by atoms with Crippen LogP contribution >= 0.6 is 0 Å². The maximum Gasteiger partial charge on any atom is 0.302 e. The molecule has 2 aromatic rings. The Balaban J connectivity index is 2.00. The summed E-state index contributed by atoms with van der Waals surface area (Å²) >= 11 is 0. The number of phenols is 1. The van der Waals surface area contributed by atoms with E-state index in [4.69, 9.17) is 23.7 Å². The number of benzene rings is 2. The standard InChI is InChI=1S/C24H26O8/c1-14(25)30-9-5-6-16-10-18-19(13-31-15(2)26)23(32-24(18)22(11-16)29-4)17-7-8-20(27)21(12-17)28-3/h5-8,10-12,19,23,27H,9,13H2,1-4H3/b6-5+/t19-,23+/m0/s1. The van der Waals surface area contributed by atoms with Gasteiger partial charge in [-0.1, -0.05) is 12.1 Å². The molecule has 8 heteroatoms. The molecule has 0 saturated carbocycles. The van der Waals surface area contributed by atoms with Crippen molar-refractivity contribution in [3.8, 4) is 23.0 Å². The Labute approximate surface area is 186 Å². The minimum atomic E-state index is -0.493. The number of aromatic hydroxyl groups is 1. The van der Waals surface area contributed by atoms with E-state index in [1.807, 2.05) is 18.2 Å². The van der Waals surface area contributed by atoms with Crippen LogP contribution in [0.2, 0.25) is 0 Å². The molecule has 2 atom stereocenters. The lowest BCUT2D eigenvalue weighted by atomic mass is 9.90. The Morgan fingerprint density at radius 1 is 1.03 bits per heavy atom. The van der Waals surface area contributed by atoms with E-state index in [0.29, 0.717) is 17.2 Å². The molecule has 170 valence electrons. The van der Waals surface area contributed by atoms with E-state index < -0.39 is 12.1 Å². The van der Waals surface area contributed by atoms with Crippen LogP contribution in [0.1, 0.15) is 42.6 Å². The smallest absolute Gasteiger partial charge is 0.302 e. The molecular weight excluding hydrogens is 416 g/mol. The molecule has 8 nitrogen and oxygen atoms in total. The molecule has 0 bridgehead atoms. The number of hydrogen-bond acceptors (Lipinski definition) is 8. The van der Waals surface area contributed by atoms with Gasteiger partial charge in [0.1, 0.15) is 19.3 Å². The van der Waals surface area contributed by atoms with Crippen molar-refractivity contribution in [2.45, 2.75) is 25.9 Å². The van der Waals surface area contributed by atoms with E-state index in [9.17, 15) is 14.7 Å². The van der Waals surface area contributed by atoms with Crippen molar-refractivity contribution >= 4 is 18.0 Å². The Bertz CT molecular complexity index is 1030. The van der Waals surface area contributed by atoms with Gasteiger partial charge in [0, 0.05) is 19.4 Å². The lowest BCUT2D eigenvalue weighted by Crippen LogP contribution is -2.17. The highest BCUT2D eigenvalue weighted by Crippen LogP contribution is 2.51. The normalized spacial score (nSPS) is 16.9. The number of carbonyl (C=O) groups is 2. The molecule has 1 N–H and O–H groups in total. The van der Waals surface area contributed by atoms with E-state index in [0.717, 1.165) is 16.7 Å². The molecule has 1 aliphatic heterocycles. The number of esters is 2. The number of ether oxygens (including phenoxy) is 5. The summed E-state index contributed by atoms with van der Waals surface area (Å²) in [7, 11) is 3.01. The predicted molar refractivity (Wildman–Crippen MR) is 116 cm³/mol. The van der Waals surface area contributed by atoms with E-state index >= 15 is 0 Å².